The maximum Gasteiger partial charge on any atom is 0.257 e. The first-order valence-electron chi connectivity index (χ1n) is 7.87. The molecule has 0 aliphatic heterocycles. The number of amides is 1. The van der Waals surface area contributed by atoms with Crippen molar-refractivity contribution in [3.05, 3.63) is 83.4 Å². The molecule has 4 nitrogen and oxygen atoms in total. The van der Waals surface area contributed by atoms with Gasteiger partial charge in [-0.15, -0.1) is 0 Å². The Morgan fingerprint density at radius 2 is 1.76 bits per heavy atom. The summed E-state index contributed by atoms with van der Waals surface area (Å²) in [6.45, 7) is 4.10. The lowest BCUT2D eigenvalue weighted by atomic mass is 10.1. The highest BCUT2D eigenvalue weighted by Gasteiger charge is 2.08. The number of pyridine rings is 1. The van der Waals surface area contributed by atoms with Crippen LogP contribution >= 0.6 is 0 Å². The summed E-state index contributed by atoms with van der Waals surface area (Å²) in [4.78, 5) is 16.4. The number of benzene rings is 2. The number of nitrogens with one attached hydrogen (secondary N) is 2. The lowest BCUT2D eigenvalue weighted by Crippen LogP contribution is -2.12. The van der Waals surface area contributed by atoms with Gasteiger partial charge in [-0.2, -0.15) is 0 Å². The van der Waals surface area contributed by atoms with E-state index in [0.29, 0.717) is 16.9 Å². The number of rotatable bonds is 4. The van der Waals surface area contributed by atoms with Crippen LogP contribution in [0, 0.1) is 19.7 Å². The first-order chi connectivity index (χ1) is 12.0. The van der Waals surface area contributed by atoms with Crippen LogP contribution in [0.1, 0.15) is 21.5 Å². The van der Waals surface area contributed by atoms with Gasteiger partial charge in [0.15, 0.2) is 0 Å². The highest BCUT2D eigenvalue weighted by molar-refractivity contribution is 6.04. The van der Waals surface area contributed by atoms with Crippen molar-refractivity contribution in [3.63, 3.8) is 0 Å². The van der Waals surface area contributed by atoms with Crippen molar-refractivity contribution < 1.29 is 9.18 Å². The van der Waals surface area contributed by atoms with Crippen LogP contribution in [0.2, 0.25) is 0 Å². The van der Waals surface area contributed by atoms with Gasteiger partial charge in [-0.25, -0.2) is 4.39 Å². The predicted molar refractivity (Wildman–Crippen MR) is 97.8 cm³/mol. The van der Waals surface area contributed by atoms with Crippen molar-refractivity contribution in [1.29, 1.82) is 0 Å². The van der Waals surface area contributed by atoms with E-state index >= 15 is 0 Å². The zero-order valence-electron chi connectivity index (χ0n) is 14.0. The molecule has 1 aromatic heterocycles. The van der Waals surface area contributed by atoms with Gasteiger partial charge in [-0.1, -0.05) is 12.1 Å². The summed E-state index contributed by atoms with van der Waals surface area (Å²) >= 11 is 0. The average Bonchev–Trinajstić information content (AvgIpc) is 2.58. The molecule has 0 bridgehead atoms. The number of carbonyl (C=O) groups excluding carboxylic acids is 1. The molecule has 126 valence electrons. The number of anilines is 3. The number of nitrogens with zero attached hydrogens (tertiary/aromatic N) is 1. The highest BCUT2D eigenvalue weighted by Crippen LogP contribution is 2.20. The third-order valence-corrected chi connectivity index (χ3v) is 3.88. The quantitative estimate of drug-likeness (QED) is 0.718. The minimum atomic E-state index is -0.402. The third-order valence-electron chi connectivity index (χ3n) is 3.88. The standard InChI is InChI=1S/C20H18FN3O/c1-13-6-7-18(8-14(13)2)23-19-9-15(11-22-12-19)20(25)24-17-5-3-4-16(21)10-17/h3-12,23H,1-2H3,(H,24,25). The summed E-state index contributed by atoms with van der Waals surface area (Å²) in [6.07, 6.45) is 3.12. The van der Waals surface area contributed by atoms with E-state index in [4.69, 9.17) is 0 Å². The van der Waals surface area contributed by atoms with Gasteiger partial charge in [0, 0.05) is 17.6 Å². The largest absolute Gasteiger partial charge is 0.354 e. The summed E-state index contributed by atoms with van der Waals surface area (Å²) in [5, 5.41) is 5.90. The van der Waals surface area contributed by atoms with Crippen LogP contribution in [-0.2, 0) is 0 Å². The zero-order valence-corrected chi connectivity index (χ0v) is 14.0. The fourth-order valence-electron chi connectivity index (χ4n) is 2.39. The Balaban J connectivity index is 1.76. The summed E-state index contributed by atoms with van der Waals surface area (Å²) < 4.78 is 13.2. The summed E-state index contributed by atoms with van der Waals surface area (Å²) in [5.74, 6) is -0.747. The summed E-state index contributed by atoms with van der Waals surface area (Å²) in [5.41, 5.74) is 4.81. The van der Waals surface area contributed by atoms with Crippen LogP contribution in [0.5, 0.6) is 0 Å². The van der Waals surface area contributed by atoms with E-state index in [1.165, 1.54) is 29.5 Å². The topological polar surface area (TPSA) is 54.0 Å². The predicted octanol–water partition coefficient (Wildman–Crippen LogP) is 4.83. The molecule has 5 heteroatoms. The summed E-state index contributed by atoms with van der Waals surface area (Å²) in [7, 11) is 0. The van der Waals surface area contributed by atoms with Crippen molar-refractivity contribution in [1.82, 2.24) is 4.98 Å². The molecule has 0 aliphatic rings. The number of carbonyl (C=O) groups is 1. The molecule has 25 heavy (non-hydrogen) atoms. The van der Waals surface area contributed by atoms with Crippen molar-refractivity contribution in [2.45, 2.75) is 13.8 Å². The minimum Gasteiger partial charge on any atom is -0.354 e. The van der Waals surface area contributed by atoms with E-state index in [1.54, 1.807) is 24.4 Å². The van der Waals surface area contributed by atoms with Crippen LogP contribution in [0.3, 0.4) is 0 Å². The molecule has 0 saturated carbocycles. The van der Waals surface area contributed by atoms with Crippen LogP contribution < -0.4 is 10.6 Å². The minimum absolute atomic E-state index is 0.346. The van der Waals surface area contributed by atoms with Gasteiger partial charge in [0.2, 0.25) is 0 Å². The maximum atomic E-state index is 13.2. The zero-order chi connectivity index (χ0) is 17.8. The van der Waals surface area contributed by atoms with Gasteiger partial charge >= 0.3 is 0 Å². The smallest absolute Gasteiger partial charge is 0.257 e. The van der Waals surface area contributed by atoms with E-state index in [9.17, 15) is 9.18 Å². The van der Waals surface area contributed by atoms with Crippen LogP contribution in [0.25, 0.3) is 0 Å². The SMILES string of the molecule is Cc1ccc(Nc2cncc(C(=O)Nc3cccc(F)c3)c2)cc1C. The average molecular weight is 335 g/mol. The molecular formula is C20H18FN3O. The first kappa shape index (κ1) is 16.6. The molecule has 0 unspecified atom stereocenters. The van der Waals surface area contributed by atoms with Crippen molar-refractivity contribution in [3.8, 4) is 0 Å². The van der Waals surface area contributed by atoms with Gasteiger partial charge in [-0.05, 0) is 61.4 Å². The Kier molecular flexibility index (Phi) is 4.75. The Labute approximate surface area is 145 Å². The molecule has 0 fully saturated rings. The molecule has 0 aliphatic carbocycles. The van der Waals surface area contributed by atoms with Gasteiger partial charge in [0.05, 0.1) is 17.4 Å². The van der Waals surface area contributed by atoms with Gasteiger partial charge < -0.3 is 10.6 Å². The van der Waals surface area contributed by atoms with E-state index in [0.717, 1.165) is 5.69 Å². The number of halogens is 1. The lowest BCUT2D eigenvalue weighted by Gasteiger charge is -2.10. The molecule has 1 amide bonds. The Morgan fingerprint density at radius 3 is 2.52 bits per heavy atom. The fourth-order valence-corrected chi connectivity index (χ4v) is 2.39. The maximum absolute atomic E-state index is 13.2. The van der Waals surface area contributed by atoms with Crippen molar-refractivity contribution in [2.75, 3.05) is 10.6 Å². The van der Waals surface area contributed by atoms with E-state index in [-0.39, 0.29) is 5.91 Å². The second-order valence-corrected chi connectivity index (χ2v) is 5.85. The second-order valence-electron chi connectivity index (χ2n) is 5.85. The first-order valence-corrected chi connectivity index (χ1v) is 7.87. The molecule has 3 rings (SSSR count). The van der Waals surface area contributed by atoms with Gasteiger partial charge in [0.25, 0.3) is 5.91 Å². The summed E-state index contributed by atoms with van der Waals surface area (Å²) in [6, 6.07) is 13.5. The number of aryl methyl sites for hydroxylation is 2. The molecule has 0 atom stereocenters. The molecule has 2 aromatic carbocycles. The molecule has 3 aromatic rings. The Morgan fingerprint density at radius 1 is 0.920 bits per heavy atom. The lowest BCUT2D eigenvalue weighted by molar-refractivity contribution is 0.102. The monoisotopic (exact) mass is 335 g/mol. The molecule has 1 heterocycles. The number of hydrogen-bond donors (Lipinski definition) is 2. The third kappa shape index (κ3) is 4.20. The second kappa shape index (κ2) is 7.13. The van der Waals surface area contributed by atoms with E-state index < -0.39 is 5.82 Å². The fraction of sp³-hybridized carbons (Fsp3) is 0.100. The highest BCUT2D eigenvalue weighted by atomic mass is 19.1. The van der Waals surface area contributed by atoms with E-state index in [1.807, 2.05) is 25.1 Å². The van der Waals surface area contributed by atoms with Gasteiger partial charge in [0.1, 0.15) is 5.82 Å². The molecule has 0 spiro atoms. The molecular weight excluding hydrogens is 317 g/mol. The normalized spacial score (nSPS) is 10.4. The van der Waals surface area contributed by atoms with E-state index in [2.05, 4.69) is 22.5 Å². The van der Waals surface area contributed by atoms with Crippen LogP contribution in [0.4, 0.5) is 21.5 Å². The number of hydrogen-bond acceptors (Lipinski definition) is 3. The van der Waals surface area contributed by atoms with Crippen molar-refractivity contribution >= 4 is 23.0 Å². The molecule has 0 saturated heterocycles. The molecule has 2 N–H and O–H groups in total. The van der Waals surface area contributed by atoms with Crippen LogP contribution in [0.15, 0.2) is 60.9 Å². The number of aromatic nitrogens is 1. The van der Waals surface area contributed by atoms with Gasteiger partial charge in [-0.3, -0.25) is 9.78 Å². The Hall–Kier alpha value is -3.21. The Bertz CT molecular complexity index is 924. The van der Waals surface area contributed by atoms with Crippen molar-refractivity contribution in [2.24, 2.45) is 0 Å². The van der Waals surface area contributed by atoms with Crippen LogP contribution in [-0.4, -0.2) is 10.9 Å². The molecule has 0 radical (unpaired) electrons.